The molecule has 1 heterocycles. The van der Waals surface area contributed by atoms with E-state index in [0.717, 1.165) is 17.0 Å². The molecule has 0 saturated carbocycles. The van der Waals surface area contributed by atoms with Gasteiger partial charge in [-0.15, -0.1) is 0 Å². The lowest BCUT2D eigenvalue weighted by Gasteiger charge is -2.06. The maximum Gasteiger partial charge on any atom is 0.252 e. The summed E-state index contributed by atoms with van der Waals surface area (Å²) in [5.74, 6) is 0.627. The quantitative estimate of drug-likeness (QED) is 0.935. The van der Waals surface area contributed by atoms with Crippen LogP contribution in [0, 0.1) is 13.8 Å². The van der Waals surface area contributed by atoms with Gasteiger partial charge in [0, 0.05) is 12.1 Å². The number of nitrogens with one attached hydrogen (secondary N) is 1. The maximum absolute atomic E-state index is 11.9. The summed E-state index contributed by atoms with van der Waals surface area (Å²) in [5.41, 5.74) is 2.40. The standard InChI is InChI=1S/C14H15ClN2O2/c1-9-11(10(2)19-17-9)7-8-16-14(18)12-5-3-4-6-13(12)15/h3-6H,7-8H2,1-2H3,(H,16,18). The third-order valence-corrected chi connectivity index (χ3v) is 3.29. The van der Waals surface area contributed by atoms with Crippen LogP contribution < -0.4 is 5.32 Å². The van der Waals surface area contributed by atoms with Crippen LogP contribution in [0.25, 0.3) is 0 Å². The van der Waals surface area contributed by atoms with Gasteiger partial charge in [0.1, 0.15) is 5.76 Å². The van der Waals surface area contributed by atoms with Crippen molar-refractivity contribution in [3.05, 3.63) is 51.9 Å². The number of carbonyl (C=O) groups is 1. The second-order valence-electron chi connectivity index (χ2n) is 4.29. The van der Waals surface area contributed by atoms with Crippen LogP contribution in [-0.4, -0.2) is 17.6 Å². The second kappa shape index (κ2) is 5.89. The van der Waals surface area contributed by atoms with E-state index in [-0.39, 0.29) is 5.91 Å². The summed E-state index contributed by atoms with van der Waals surface area (Å²) in [7, 11) is 0. The average molecular weight is 279 g/mol. The van der Waals surface area contributed by atoms with E-state index >= 15 is 0 Å². The normalized spacial score (nSPS) is 10.5. The fourth-order valence-electron chi connectivity index (χ4n) is 1.90. The molecule has 5 heteroatoms. The van der Waals surface area contributed by atoms with Gasteiger partial charge in [0.25, 0.3) is 5.91 Å². The van der Waals surface area contributed by atoms with E-state index < -0.39 is 0 Å². The molecule has 0 fully saturated rings. The molecule has 19 heavy (non-hydrogen) atoms. The molecule has 2 aromatic rings. The third kappa shape index (κ3) is 3.15. The zero-order valence-electron chi connectivity index (χ0n) is 10.9. The maximum atomic E-state index is 11.9. The van der Waals surface area contributed by atoms with Crippen molar-refractivity contribution in [2.45, 2.75) is 20.3 Å². The molecule has 1 amide bonds. The summed E-state index contributed by atoms with van der Waals surface area (Å²) < 4.78 is 5.07. The topological polar surface area (TPSA) is 55.1 Å². The van der Waals surface area contributed by atoms with Gasteiger partial charge in [0.05, 0.1) is 16.3 Å². The Morgan fingerprint density at radius 1 is 1.37 bits per heavy atom. The first-order valence-electron chi connectivity index (χ1n) is 6.04. The van der Waals surface area contributed by atoms with E-state index in [1.165, 1.54) is 0 Å². The molecule has 0 bridgehead atoms. The van der Waals surface area contributed by atoms with Crippen LogP contribution in [0.3, 0.4) is 0 Å². The van der Waals surface area contributed by atoms with Gasteiger partial charge in [-0.05, 0) is 32.4 Å². The van der Waals surface area contributed by atoms with Gasteiger partial charge < -0.3 is 9.84 Å². The minimum Gasteiger partial charge on any atom is -0.361 e. The van der Waals surface area contributed by atoms with Crippen molar-refractivity contribution in [2.75, 3.05) is 6.54 Å². The molecule has 1 N–H and O–H groups in total. The summed E-state index contributed by atoms with van der Waals surface area (Å²) in [6.45, 7) is 4.28. The van der Waals surface area contributed by atoms with Gasteiger partial charge in [-0.1, -0.05) is 28.9 Å². The SMILES string of the molecule is Cc1noc(C)c1CCNC(=O)c1ccccc1Cl. The van der Waals surface area contributed by atoms with E-state index in [4.69, 9.17) is 16.1 Å². The smallest absolute Gasteiger partial charge is 0.252 e. The highest BCUT2D eigenvalue weighted by atomic mass is 35.5. The van der Waals surface area contributed by atoms with Gasteiger partial charge in [0.15, 0.2) is 0 Å². The highest BCUT2D eigenvalue weighted by Crippen LogP contribution is 2.15. The Labute approximate surface area is 116 Å². The minimum atomic E-state index is -0.169. The zero-order chi connectivity index (χ0) is 13.8. The van der Waals surface area contributed by atoms with Crippen molar-refractivity contribution in [1.29, 1.82) is 0 Å². The fourth-order valence-corrected chi connectivity index (χ4v) is 2.12. The van der Waals surface area contributed by atoms with E-state index in [1.807, 2.05) is 13.8 Å². The highest BCUT2D eigenvalue weighted by Gasteiger charge is 2.11. The number of benzene rings is 1. The first-order chi connectivity index (χ1) is 9.09. The van der Waals surface area contributed by atoms with E-state index in [2.05, 4.69) is 10.5 Å². The van der Waals surface area contributed by atoms with Crippen molar-refractivity contribution < 1.29 is 9.32 Å². The molecule has 0 radical (unpaired) electrons. The molecule has 100 valence electrons. The van der Waals surface area contributed by atoms with Crippen molar-refractivity contribution >= 4 is 17.5 Å². The monoisotopic (exact) mass is 278 g/mol. The predicted molar refractivity (Wildman–Crippen MR) is 73.5 cm³/mol. The Bertz CT molecular complexity index is 573. The Morgan fingerprint density at radius 2 is 2.11 bits per heavy atom. The molecule has 0 atom stereocenters. The summed E-state index contributed by atoms with van der Waals surface area (Å²) in [6, 6.07) is 6.98. The number of nitrogens with zero attached hydrogens (tertiary/aromatic N) is 1. The average Bonchev–Trinajstić information content (AvgIpc) is 2.70. The first kappa shape index (κ1) is 13.6. The largest absolute Gasteiger partial charge is 0.361 e. The third-order valence-electron chi connectivity index (χ3n) is 2.96. The Hall–Kier alpha value is -1.81. The predicted octanol–water partition coefficient (Wildman–Crippen LogP) is 2.92. The van der Waals surface area contributed by atoms with Crippen LogP contribution in [-0.2, 0) is 6.42 Å². The highest BCUT2D eigenvalue weighted by molar-refractivity contribution is 6.33. The minimum absolute atomic E-state index is 0.169. The lowest BCUT2D eigenvalue weighted by molar-refractivity contribution is 0.0954. The van der Waals surface area contributed by atoms with Crippen LogP contribution in [0.5, 0.6) is 0 Å². The van der Waals surface area contributed by atoms with E-state index in [1.54, 1.807) is 24.3 Å². The van der Waals surface area contributed by atoms with Gasteiger partial charge in [-0.2, -0.15) is 0 Å². The number of rotatable bonds is 4. The number of hydrogen-bond acceptors (Lipinski definition) is 3. The number of aromatic nitrogens is 1. The molecule has 4 nitrogen and oxygen atoms in total. The van der Waals surface area contributed by atoms with E-state index in [9.17, 15) is 4.79 Å². The lowest BCUT2D eigenvalue weighted by atomic mass is 10.1. The molecule has 0 aliphatic heterocycles. The van der Waals surface area contributed by atoms with Crippen LogP contribution in [0.15, 0.2) is 28.8 Å². The molecule has 2 rings (SSSR count). The second-order valence-corrected chi connectivity index (χ2v) is 4.70. The van der Waals surface area contributed by atoms with Gasteiger partial charge in [-0.3, -0.25) is 4.79 Å². The van der Waals surface area contributed by atoms with Gasteiger partial charge in [0.2, 0.25) is 0 Å². The molecule has 0 saturated heterocycles. The van der Waals surface area contributed by atoms with Crippen molar-refractivity contribution in [2.24, 2.45) is 0 Å². The number of carbonyl (C=O) groups excluding carboxylic acids is 1. The molecule has 0 aliphatic rings. The molecule has 0 unspecified atom stereocenters. The number of halogens is 1. The first-order valence-corrected chi connectivity index (χ1v) is 6.42. The fraction of sp³-hybridized carbons (Fsp3) is 0.286. The van der Waals surface area contributed by atoms with Gasteiger partial charge in [-0.25, -0.2) is 0 Å². The molecule has 1 aromatic heterocycles. The van der Waals surface area contributed by atoms with Crippen LogP contribution in [0.2, 0.25) is 5.02 Å². The number of aryl methyl sites for hydroxylation is 2. The summed E-state index contributed by atoms with van der Waals surface area (Å²) in [4.78, 5) is 11.9. The van der Waals surface area contributed by atoms with Gasteiger partial charge >= 0.3 is 0 Å². The van der Waals surface area contributed by atoms with Crippen molar-refractivity contribution in [3.63, 3.8) is 0 Å². The summed E-state index contributed by atoms with van der Waals surface area (Å²) in [5, 5.41) is 7.17. The molecule has 0 spiro atoms. The molecule has 0 aliphatic carbocycles. The van der Waals surface area contributed by atoms with Crippen molar-refractivity contribution in [1.82, 2.24) is 10.5 Å². The van der Waals surface area contributed by atoms with Crippen LogP contribution in [0.4, 0.5) is 0 Å². The number of amides is 1. The Morgan fingerprint density at radius 3 is 2.74 bits per heavy atom. The molecular weight excluding hydrogens is 264 g/mol. The summed E-state index contributed by atoms with van der Waals surface area (Å²) >= 11 is 5.96. The molecular formula is C14H15ClN2O2. The van der Waals surface area contributed by atoms with Crippen LogP contribution >= 0.6 is 11.6 Å². The summed E-state index contributed by atoms with van der Waals surface area (Å²) in [6.07, 6.45) is 0.692. The Kier molecular flexibility index (Phi) is 4.22. The Balaban J connectivity index is 1.93. The number of hydrogen-bond donors (Lipinski definition) is 1. The lowest BCUT2D eigenvalue weighted by Crippen LogP contribution is -2.26. The van der Waals surface area contributed by atoms with Crippen LogP contribution in [0.1, 0.15) is 27.4 Å². The zero-order valence-corrected chi connectivity index (χ0v) is 11.6. The van der Waals surface area contributed by atoms with Crippen molar-refractivity contribution in [3.8, 4) is 0 Å². The molecule has 1 aromatic carbocycles. The van der Waals surface area contributed by atoms with E-state index in [0.29, 0.717) is 23.6 Å².